The fourth-order valence-electron chi connectivity index (χ4n) is 0.920. The zero-order chi connectivity index (χ0) is 11.3. The van der Waals surface area contributed by atoms with E-state index in [4.69, 9.17) is 16.7 Å². The van der Waals surface area contributed by atoms with Crippen molar-refractivity contribution in [3.63, 3.8) is 0 Å². The lowest BCUT2D eigenvalue weighted by Crippen LogP contribution is -1.84. The van der Waals surface area contributed by atoms with Crippen LogP contribution >= 0.6 is 27.5 Å². The molecule has 0 saturated heterocycles. The van der Waals surface area contributed by atoms with Crippen LogP contribution in [-0.4, -0.2) is 11.1 Å². The molecular weight excluding hydrogens is 279 g/mol. The Labute approximate surface area is 101 Å². The molecular formula is C11H8BrClO2. The Morgan fingerprint density at radius 1 is 1.33 bits per heavy atom. The van der Waals surface area contributed by atoms with Crippen LogP contribution in [0.5, 0.6) is 0 Å². The summed E-state index contributed by atoms with van der Waals surface area (Å²) in [6.07, 6.45) is 4.19. The van der Waals surface area contributed by atoms with Crippen LogP contribution in [-0.2, 0) is 4.79 Å². The number of carboxylic acids is 1. The van der Waals surface area contributed by atoms with Crippen LogP contribution in [0.25, 0.3) is 4.48 Å². The van der Waals surface area contributed by atoms with Gasteiger partial charge >= 0.3 is 5.97 Å². The largest absolute Gasteiger partial charge is 0.478 e. The molecule has 0 aliphatic rings. The molecule has 0 saturated carbocycles. The number of carboxylic acid groups (broad SMARTS) is 1. The topological polar surface area (TPSA) is 37.3 Å². The predicted octanol–water partition coefficient (Wildman–Crippen LogP) is 3.72. The molecule has 0 fully saturated rings. The molecule has 0 bridgehead atoms. The maximum atomic E-state index is 10.2. The van der Waals surface area contributed by atoms with Crippen LogP contribution in [0.2, 0.25) is 5.02 Å². The fourth-order valence-corrected chi connectivity index (χ4v) is 1.46. The van der Waals surface area contributed by atoms with Crippen LogP contribution in [0.3, 0.4) is 0 Å². The molecule has 1 aromatic carbocycles. The summed E-state index contributed by atoms with van der Waals surface area (Å²) >= 11 is 9.07. The average molecular weight is 288 g/mol. The van der Waals surface area contributed by atoms with Crippen LogP contribution in [0, 0.1) is 0 Å². The number of allylic oxidation sites excluding steroid dienone is 2. The van der Waals surface area contributed by atoms with Crippen molar-refractivity contribution in [3.05, 3.63) is 53.1 Å². The van der Waals surface area contributed by atoms with Crippen molar-refractivity contribution in [2.45, 2.75) is 0 Å². The molecule has 15 heavy (non-hydrogen) atoms. The van der Waals surface area contributed by atoms with E-state index >= 15 is 0 Å². The molecule has 1 rings (SSSR count). The molecule has 0 aliphatic heterocycles. The molecule has 0 amide bonds. The van der Waals surface area contributed by atoms with Gasteiger partial charge in [0.2, 0.25) is 0 Å². The van der Waals surface area contributed by atoms with Gasteiger partial charge in [0, 0.05) is 15.6 Å². The van der Waals surface area contributed by atoms with E-state index in [-0.39, 0.29) is 0 Å². The highest BCUT2D eigenvalue weighted by molar-refractivity contribution is 9.15. The minimum Gasteiger partial charge on any atom is -0.478 e. The average Bonchev–Trinajstić information content (AvgIpc) is 2.18. The van der Waals surface area contributed by atoms with Gasteiger partial charge < -0.3 is 5.11 Å². The molecule has 0 atom stereocenters. The number of rotatable bonds is 3. The van der Waals surface area contributed by atoms with Gasteiger partial charge in [-0.2, -0.15) is 0 Å². The summed E-state index contributed by atoms with van der Waals surface area (Å²) in [5, 5.41) is 9.05. The first kappa shape index (κ1) is 12.0. The molecule has 78 valence electrons. The van der Waals surface area contributed by atoms with Crippen LogP contribution in [0.4, 0.5) is 0 Å². The molecule has 0 spiro atoms. The molecule has 1 N–H and O–H groups in total. The highest BCUT2D eigenvalue weighted by atomic mass is 79.9. The first-order chi connectivity index (χ1) is 7.09. The molecule has 0 heterocycles. The molecule has 0 radical (unpaired) electrons. The summed E-state index contributed by atoms with van der Waals surface area (Å²) < 4.78 is 0.802. The van der Waals surface area contributed by atoms with Crippen LogP contribution < -0.4 is 0 Å². The zero-order valence-electron chi connectivity index (χ0n) is 7.65. The van der Waals surface area contributed by atoms with E-state index in [0.717, 1.165) is 16.1 Å². The van der Waals surface area contributed by atoms with E-state index in [9.17, 15) is 4.79 Å². The van der Waals surface area contributed by atoms with E-state index in [2.05, 4.69) is 15.9 Å². The van der Waals surface area contributed by atoms with Gasteiger partial charge in [-0.15, -0.1) is 0 Å². The van der Waals surface area contributed by atoms with Crippen LogP contribution in [0.15, 0.2) is 42.5 Å². The summed E-state index contributed by atoms with van der Waals surface area (Å²) in [5.41, 5.74) is 0.939. The lowest BCUT2D eigenvalue weighted by atomic mass is 10.2. The molecule has 4 heteroatoms. The van der Waals surface area contributed by atoms with Gasteiger partial charge in [0.05, 0.1) is 0 Å². The van der Waals surface area contributed by atoms with E-state index in [0.29, 0.717) is 5.02 Å². The SMILES string of the molecule is O=C(O)/C=C/C=C(\Br)c1ccc(Cl)cc1. The molecule has 2 nitrogen and oxygen atoms in total. The first-order valence-electron chi connectivity index (χ1n) is 4.12. The number of benzene rings is 1. The van der Waals surface area contributed by atoms with Gasteiger partial charge in [0.25, 0.3) is 0 Å². The third-order valence-corrected chi connectivity index (χ3v) is 2.58. The van der Waals surface area contributed by atoms with Gasteiger partial charge in [-0.25, -0.2) is 4.79 Å². The Bertz CT molecular complexity index is 407. The Balaban J connectivity index is 2.80. The summed E-state index contributed by atoms with van der Waals surface area (Å²) in [4.78, 5) is 10.2. The Morgan fingerprint density at radius 3 is 2.47 bits per heavy atom. The van der Waals surface area contributed by atoms with Crippen molar-refractivity contribution in [3.8, 4) is 0 Å². The van der Waals surface area contributed by atoms with Gasteiger partial charge in [-0.1, -0.05) is 45.7 Å². The summed E-state index contributed by atoms with van der Waals surface area (Å²) in [7, 11) is 0. The number of hydrogen-bond donors (Lipinski definition) is 1. The third kappa shape index (κ3) is 4.32. The van der Waals surface area contributed by atoms with Crippen molar-refractivity contribution in [1.82, 2.24) is 0 Å². The molecule has 0 aliphatic carbocycles. The van der Waals surface area contributed by atoms with Crippen LogP contribution in [0.1, 0.15) is 5.56 Å². The lowest BCUT2D eigenvalue weighted by molar-refractivity contribution is -0.131. The maximum absolute atomic E-state index is 10.2. The maximum Gasteiger partial charge on any atom is 0.328 e. The highest BCUT2D eigenvalue weighted by Gasteiger charge is 1.95. The van der Waals surface area contributed by atoms with Gasteiger partial charge in [0.15, 0.2) is 0 Å². The van der Waals surface area contributed by atoms with Crippen molar-refractivity contribution >= 4 is 38.0 Å². The normalized spacial score (nSPS) is 12.0. The smallest absolute Gasteiger partial charge is 0.328 e. The fraction of sp³-hybridized carbons (Fsp3) is 0. The quantitative estimate of drug-likeness (QED) is 0.679. The molecule has 1 aromatic rings. The third-order valence-electron chi connectivity index (χ3n) is 1.60. The highest BCUT2D eigenvalue weighted by Crippen LogP contribution is 2.22. The Hall–Kier alpha value is -1.06. The summed E-state index contributed by atoms with van der Waals surface area (Å²) in [6.45, 7) is 0. The van der Waals surface area contributed by atoms with Gasteiger partial charge in [0.1, 0.15) is 0 Å². The molecule has 0 unspecified atom stereocenters. The first-order valence-corrected chi connectivity index (χ1v) is 5.29. The Morgan fingerprint density at radius 2 is 1.93 bits per heavy atom. The van der Waals surface area contributed by atoms with E-state index in [1.807, 2.05) is 12.1 Å². The van der Waals surface area contributed by atoms with Gasteiger partial charge in [-0.3, -0.25) is 0 Å². The van der Waals surface area contributed by atoms with E-state index in [1.54, 1.807) is 18.2 Å². The van der Waals surface area contributed by atoms with Crippen molar-refractivity contribution < 1.29 is 9.90 Å². The minimum atomic E-state index is -0.970. The van der Waals surface area contributed by atoms with Crippen molar-refractivity contribution in [2.75, 3.05) is 0 Å². The minimum absolute atomic E-state index is 0.667. The summed E-state index contributed by atoms with van der Waals surface area (Å²) in [5.74, 6) is -0.970. The monoisotopic (exact) mass is 286 g/mol. The number of aliphatic carboxylic acids is 1. The second-order valence-corrected chi connectivity index (χ2v) is 4.01. The second kappa shape index (κ2) is 5.73. The summed E-state index contributed by atoms with van der Waals surface area (Å²) in [6, 6.07) is 7.23. The van der Waals surface area contributed by atoms with Gasteiger partial charge in [-0.05, 0) is 23.8 Å². The predicted molar refractivity (Wildman–Crippen MR) is 65.1 cm³/mol. The lowest BCUT2D eigenvalue weighted by Gasteiger charge is -1.97. The standard InChI is InChI=1S/C11H8BrClO2/c12-10(2-1-3-11(14)15)8-4-6-9(13)7-5-8/h1-7H,(H,14,15)/b3-1+,10-2-. The Kier molecular flexibility index (Phi) is 4.59. The van der Waals surface area contributed by atoms with E-state index in [1.165, 1.54) is 6.08 Å². The number of hydrogen-bond acceptors (Lipinski definition) is 1. The zero-order valence-corrected chi connectivity index (χ0v) is 9.99. The van der Waals surface area contributed by atoms with Crippen molar-refractivity contribution in [1.29, 1.82) is 0 Å². The molecule has 0 aromatic heterocycles. The van der Waals surface area contributed by atoms with Crippen molar-refractivity contribution in [2.24, 2.45) is 0 Å². The number of halogens is 2. The second-order valence-electron chi connectivity index (χ2n) is 2.72. The number of carbonyl (C=O) groups is 1. The van der Waals surface area contributed by atoms with E-state index < -0.39 is 5.97 Å².